The minimum absolute atomic E-state index is 0.00653. The standard InChI is InChI=1S/C21H23N3O4/c1-14-2-3-16(10-18(14)25)11-21(13-23-8-9-28-21)19(26)20(27)24-17-6-4-15(12-22)5-7-17/h2-7,10,14,19,23,26H,8-9,11,13H2,1H3,(H,24,27)/t14?,19-,21+/m0/s1. The van der Waals surface area contributed by atoms with Gasteiger partial charge in [0.2, 0.25) is 0 Å². The van der Waals surface area contributed by atoms with Crippen LogP contribution < -0.4 is 10.6 Å². The number of nitrogens with zero attached hydrogens (tertiary/aromatic N) is 1. The molecule has 1 aromatic rings. The first-order valence-corrected chi connectivity index (χ1v) is 9.20. The number of morpholine rings is 1. The summed E-state index contributed by atoms with van der Waals surface area (Å²) in [5.74, 6) is -0.781. The minimum Gasteiger partial charge on any atom is -0.380 e. The Hall–Kier alpha value is -2.79. The van der Waals surface area contributed by atoms with Crippen molar-refractivity contribution in [3.63, 3.8) is 0 Å². The number of nitrogens with one attached hydrogen (secondary N) is 2. The Balaban J connectivity index is 1.77. The quantitative estimate of drug-likeness (QED) is 0.709. The van der Waals surface area contributed by atoms with Gasteiger partial charge in [-0.05, 0) is 35.9 Å². The average molecular weight is 381 g/mol. The molecule has 146 valence electrons. The van der Waals surface area contributed by atoms with Gasteiger partial charge in [0.05, 0.1) is 18.2 Å². The van der Waals surface area contributed by atoms with Crippen LogP contribution in [0.2, 0.25) is 0 Å². The van der Waals surface area contributed by atoms with Crippen molar-refractivity contribution in [2.75, 3.05) is 25.0 Å². The molecule has 3 N–H and O–H groups in total. The number of allylic oxidation sites excluding steroid dienone is 3. The molecule has 3 rings (SSSR count). The lowest BCUT2D eigenvalue weighted by Crippen LogP contribution is -2.60. The van der Waals surface area contributed by atoms with Crippen LogP contribution in [0.3, 0.4) is 0 Å². The lowest BCUT2D eigenvalue weighted by molar-refractivity contribution is -0.157. The minimum atomic E-state index is -1.44. The normalized spacial score (nSPS) is 25.5. The van der Waals surface area contributed by atoms with Gasteiger partial charge in [-0.1, -0.05) is 19.1 Å². The maximum Gasteiger partial charge on any atom is 0.256 e. The van der Waals surface area contributed by atoms with Gasteiger partial charge in [0.1, 0.15) is 5.60 Å². The number of hydrogen-bond acceptors (Lipinski definition) is 6. The molecule has 0 radical (unpaired) electrons. The van der Waals surface area contributed by atoms with Crippen LogP contribution in [0.25, 0.3) is 0 Å². The number of rotatable bonds is 5. The van der Waals surface area contributed by atoms with Gasteiger partial charge in [-0.3, -0.25) is 9.59 Å². The Labute approximate surface area is 163 Å². The summed E-state index contributed by atoms with van der Waals surface area (Å²) in [6.45, 7) is 3.07. The van der Waals surface area contributed by atoms with Crippen molar-refractivity contribution >= 4 is 17.4 Å². The third-order valence-electron chi connectivity index (χ3n) is 5.00. The molecule has 0 bridgehead atoms. The van der Waals surface area contributed by atoms with E-state index < -0.39 is 17.6 Å². The molecule has 1 saturated heterocycles. The van der Waals surface area contributed by atoms with E-state index in [0.29, 0.717) is 24.4 Å². The Morgan fingerprint density at radius 1 is 1.46 bits per heavy atom. The Kier molecular flexibility index (Phi) is 6.05. The van der Waals surface area contributed by atoms with Crippen molar-refractivity contribution in [1.29, 1.82) is 5.26 Å². The highest BCUT2D eigenvalue weighted by Crippen LogP contribution is 2.30. The lowest BCUT2D eigenvalue weighted by atomic mass is 9.84. The molecule has 0 spiro atoms. The van der Waals surface area contributed by atoms with Gasteiger partial charge in [0.25, 0.3) is 5.91 Å². The Morgan fingerprint density at radius 2 is 2.21 bits per heavy atom. The summed E-state index contributed by atoms with van der Waals surface area (Å²) < 4.78 is 5.89. The Morgan fingerprint density at radius 3 is 2.82 bits per heavy atom. The number of ketones is 1. The third-order valence-corrected chi connectivity index (χ3v) is 5.00. The van der Waals surface area contributed by atoms with Crippen LogP contribution in [0.15, 0.2) is 48.1 Å². The van der Waals surface area contributed by atoms with Crippen molar-refractivity contribution in [2.45, 2.75) is 25.0 Å². The van der Waals surface area contributed by atoms with Crippen LogP contribution >= 0.6 is 0 Å². The van der Waals surface area contributed by atoms with Crippen molar-refractivity contribution in [2.24, 2.45) is 5.92 Å². The van der Waals surface area contributed by atoms with Crippen LogP contribution in [-0.4, -0.2) is 48.2 Å². The van der Waals surface area contributed by atoms with Gasteiger partial charge < -0.3 is 20.5 Å². The smallest absolute Gasteiger partial charge is 0.256 e. The summed E-state index contributed by atoms with van der Waals surface area (Å²) in [6.07, 6.45) is 3.99. The molecule has 3 atom stereocenters. The Bertz CT molecular complexity index is 845. The fourth-order valence-electron chi connectivity index (χ4n) is 3.32. The zero-order valence-corrected chi connectivity index (χ0v) is 15.6. The molecule has 1 heterocycles. The second-order valence-electron chi connectivity index (χ2n) is 7.12. The number of nitriles is 1. The first-order chi connectivity index (χ1) is 13.4. The van der Waals surface area contributed by atoms with Crippen LogP contribution in [0, 0.1) is 17.2 Å². The molecule has 0 saturated carbocycles. The molecule has 2 aliphatic rings. The molecule has 1 fully saturated rings. The summed E-state index contributed by atoms with van der Waals surface area (Å²) in [7, 11) is 0. The van der Waals surface area contributed by atoms with E-state index in [-0.39, 0.29) is 24.7 Å². The number of hydrogen-bond donors (Lipinski definition) is 3. The molecular weight excluding hydrogens is 358 g/mol. The van der Waals surface area contributed by atoms with Gasteiger partial charge in [0.15, 0.2) is 11.9 Å². The number of aliphatic hydroxyl groups is 1. The van der Waals surface area contributed by atoms with Crippen molar-refractivity contribution in [3.8, 4) is 6.07 Å². The van der Waals surface area contributed by atoms with Crippen LogP contribution in [0.4, 0.5) is 5.69 Å². The number of aliphatic hydroxyl groups excluding tert-OH is 1. The zero-order chi connectivity index (χ0) is 20.1. The van der Waals surface area contributed by atoms with Gasteiger partial charge >= 0.3 is 0 Å². The summed E-state index contributed by atoms with van der Waals surface area (Å²) in [5.41, 5.74) is 0.496. The van der Waals surface area contributed by atoms with Crippen molar-refractivity contribution in [3.05, 3.63) is 53.6 Å². The first-order valence-electron chi connectivity index (χ1n) is 9.20. The molecule has 7 heteroatoms. The van der Waals surface area contributed by atoms with E-state index in [1.54, 1.807) is 30.3 Å². The second-order valence-corrected chi connectivity index (χ2v) is 7.12. The topological polar surface area (TPSA) is 111 Å². The van der Waals surface area contributed by atoms with Gasteiger partial charge in [-0.15, -0.1) is 0 Å². The zero-order valence-electron chi connectivity index (χ0n) is 15.6. The number of carbonyl (C=O) groups is 2. The van der Waals surface area contributed by atoms with Crippen molar-refractivity contribution < 1.29 is 19.4 Å². The average Bonchev–Trinajstić information content (AvgIpc) is 2.71. The summed E-state index contributed by atoms with van der Waals surface area (Å²) in [4.78, 5) is 24.7. The highest BCUT2D eigenvalue weighted by atomic mass is 16.5. The van der Waals surface area contributed by atoms with Crippen LogP contribution in [-0.2, 0) is 14.3 Å². The van der Waals surface area contributed by atoms with E-state index in [2.05, 4.69) is 10.6 Å². The first kappa shape index (κ1) is 20.0. The van der Waals surface area contributed by atoms with Crippen LogP contribution in [0.1, 0.15) is 18.9 Å². The van der Waals surface area contributed by atoms with Crippen LogP contribution in [0.5, 0.6) is 0 Å². The summed E-state index contributed by atoms with van der Waals surface area (Å²) in [6, 6.07) is 8.38. The number of ether oxygens (including phenoxy) is 1. The predicted octanol–water partition coefficient (Wildman–Crippen LogP) is 1.31. The molecule has 1 amide bonds. The molecule has 1 unspecified atom stereocenters. The number of carbonyl (C=O) groups excluding carboxylic acids is 2. The number of benzene rings is 1. The predicted molar refractivity (Wildman–Crippen MR) is 103 cm³/mol. The lowest BCUT2D eigenvalue weighted by Gasteiger charge is -2.41. The fraction of sp³-hybridized carbons (Fsp3) is 0.381. The summed E-state index contributed by atoms with van der Waals surface area (Å²) in [5, 5.41) is 25.5. The van der Waals surface area contributed by atoms with Gasteiger partial charge in [0, 0.05) is 31.1 Å². The third kappa shape index (κ3) is 4.37. The maximum absolute atomic E-state index is 12.7. The molecule has 7 nitrogen and oxygen atoms in total. The van der Waals surface area contributed by atoms with E-state index in [0.717, 1.165) is 5.57 Å². The molecule has 0 aromatic heterocycles. The van der Waals surface area contributed by atoms with Crippen molar-refractivity contribution in [1.82, 2.24) is 5.32 Å². The molecule has 28 heavy (non-hydrogen) atoms. The number of anilines is 1. The summed E-state index contributed by atoms with van der Waals surface area (Å²) >= 11 is 0. The number of amides is 1. The largest absolute Gasteiger partial charge is 0.380 e. The molecule has 1 aromatic carbocycles. The highest BCUT2D eigenvalue weighted by molar-refractivity contribution is 5.96. The molecule has 1 aliphatic carbocycles. The highest BCUT2D eigenvalue weighted by Gasteiger charge is 2.45. The molecule has 1 aliphatic heterocycles. The SMILES string of the molecule is CC1C=CC(C[C@]2([C@@H](O)C(=O)Nc3ccc(C#N)cc3)CNCCO2)=CC1=O. The van der Waals surface area contributed by atoms with E-state index >= 15 is 0 Å². The van der Waals surface area contributed by atoms with Gasteiger partial charge in [-0.2, -0.15) is 5.26 Å². The monoisotopic (exact) mass is 381 g/mol. The van der Waals surface area contributed by atoms with E-state index in [1.807, 2.05) is 25.1 Å². The molecular formula is C21H23N3O4. The van der Waals surface area contributed by atoms with E-state index in [9.17, 15) is 14.7 Å². The maximum atomic E-state index is 12.7. The fourth-order valence-corrected chi connectivity index (χ4v) is 3.32. The van der Waals surface area contributed by atoms with E-state index in [1.165, 1.54) is 0 Å². The second kappa shape index (κ2) is 8.48. The van der Waals surface area contributed by atoms with Gasteiger partial charge in [-0.25, -0.2) is 0 Å². The van der Waals surface area contributed by atoms with E-state index in [4.69, 9.17) is 10.00 Å².